The molecule has 5 heteroatoms. The van der Waals surface area contributed by atoms with Gasteiger partial charge in [-0.05, 0) is 37.1 Å². The summed E-state index contributed by atoms with van der Waals surface area (Å²) in [7, 11) is 0. The Balaban J connectivity index is 1.98. The van der Waals surface area contributed by atoms with Crippen LogP contribution in [0.3, 0.4) is 0 Å². The molecule has 1 aromatic carbocycles. The van der Waals surface area contributed by atoms with Gasteiger partial charge in [0.25, 0.3) is 0 Å². The van der Waals surface area contributed by atoms with Crippen LogP contribution in [0.1, 0.15) is 31.1 Å². The highest BCUT2D eigenvalue weighted by Crippen LogP contribution is 2.20. The van der Waals surface area contributed by atoms with Gasteiger partial charge in [-0.25, -0.2) is 0 Å². The van der Waals surface area contributed by atoms with E-state index in [1.165, 1.54) is 0 Å². The molecular weight excluding hydrogens is 304 g/mol. The molecule has 1 aromatic heterocycles. The lowest BCUT2D eigenvalue weighted by Gasteiger charge is -2.20. The first-order valence-electron chi connectivity index (χ1n) is 8.12. The van der Waals surface area contributed by atoms with Crippen LogP contribution in [0.15, 0.2) is 47.1 Å². The van der Waals surface area contributed by atoms with Crippen LogP contribution < -0.4 is 4.74 Å². The second kappa shape index (κ2) is 9.41. The van der Waals surface area contributed by atoms with Crippen molar-refractivity contribution in [2.24, 2.45) is 0 Å². The normalized spacial score (nSPS) is 10.2. The Morgan fingerprint density at radius 2 is 2.12 bits per heavy atom. The largest absolute Gasteiger partial charge is 0.494 e. The highest BCUT2D eigenvalue weighted by molar-refractivity contribution is 5.76. The molecule has 0 radical (unpaired) electrons. The van der Waals surface area contributed by atoms with Crippen molar-refractivity contribution >= 4 is 5.91 Å². The molecule has 5 nitrogen and oxygen atoms in total. The number of rotatable bonds is 9. The van der Waals surface area contributed by atoms with Crippen LogP contribution in [-0.4, -0.2) is 24.0 Å². The van der Waals surface area contributed by atoms with E-state index in [1.54, 1.807) is 17.2 Å². The number of amides is 1. The highest BCUT2D eigenvalue weighted by Gasteiger charge is 2.16. The lowest BCUT2D eigenvalue weighted by atomic mass is 10.1. The second-order valence-electron chi connectivity index (χ2n) is 5.34. The fraction of sp³-hybridized carbons (Fsp3) is 0.368. The van der Waals surface area contributed by atoms with Gasteiger partial charge in [-0.3, -0.25) is 4.79 Å². The molecule has 1 heterocycles. The molecule has 0 saturated heterocycles. The van der Waals surface area contributed by atoms with E-state index in [0.717, 1.165) is 17.1 Å². The molecule has 1 amide bonds. The summed E-state index contributed by atoms with van der Waals surface area (Å²) in [6.07, 6.45) is 2.87. The van der Waals surface area contributed by atoms with Gasteiger partial charge >= 0.3 is 0 Å². The van der Waals surface area contributed by atoms with Crippen LogP contribution in [0.4, 0.5) is 0 Å². The van der Waals surface area contributed by atoms with Crippen LogP contribution in [0.2, 0.25) is 0 Å². The van der Waals surface area contributed by atoms with Gasteiger partial charge in [-0.15, -0.1) is 0 Å². The van der Waals surface area contributed by atoms with Crippen molar-refractivity contribution in [3.63, 3.8) is 0 Å². The summed E-state index contributed by atoms with van der Waals surface area (Å²) in [5.41, 5.74) is 1.02. The third-order valence-electron chi connectivity index (χ3n) is 3.65. The summed E-state index contributed by atoms with van der Waals surface area (Å²) in [4.78, 5) is 14.2. The van der Waals surface area contributed by atoms with Crippen molar-refractivity contribution < 1.29 is 13.9 Å². The van der Waals surface area contributed by atoms with Crippen molar-refractivity contribution in [1.82, 2.24) is 4.90 Å². The minimum atomic E-state index is 0.00736. The standard InChI is InChI=1S/C19H22N2O3/c1-2-23-18-9-4-3-7-16(18)10-11-19(22)21(13-6-12-20)15-17-8-5-14-24-17/h3-5,7-9,14H,2,6,10-11,13,15H2,1H3. The number of carbonyl (C=O) groups excluding carboxylic acids is 1. The van der Waals surface area contributed by atoms with Crippen LogP contribution in [0, 0.1) is 11.3 Å². The number of nitriles is 1. The Kier molecular flexibility index (Phi) is 6.91. The van der Waals surface area contributed by atoms with Crippen molar-refractivity contribution in [2.45, 2.75) is 32.7 Å². The summed E-state index contributed by atoms with van der Waals surface area (Å²) in [6, 6.07) is 13.5. The first kappa shape index (κ1) is 17.6. The maximum Gasteiger partial charge on any atom is 0.223 e. The molecule has 0 fully saturated rings. The monoisotopic (exact) mass is 326 g/mol. The summed E-state index contributed by atoms with van der Waals surface area (Å²) in [6.45, 7) is 3.33. The Morgan fingerprint density at radius 3 is 2.83 bits per heavy atom. The number of hydrogen-bond acceptors (Lipinski definition) is 4. The number of para-hydroxylation sites is 1. The van der Waals surface area contributed by atoms with Crippen LogP contribution in [0.5, 0.6) is 5.75 Å². The molecule has 0 unspecified atom stereocenters. The van der Waals surface area contributed by atoms with Crippen LogP contribution in [0.25, 0.3) is 0 Å². The fourth-order valence-electron chi connectivity index (χ4n) is 2.47. The van der Waals surface area contributed by atoms with Gasteiger partial charge in [0.05, 0.1) is 31.9 Å². The van der Waals surface area contributed by atoms with Gasteiger partial charge in [0.15, 0.2) is 0 Å². The predicted molar refractivity (Wildman–Crippen MR) is 90.3 cm³/mol. The zero-order chi connectivity index (χ0) is 17.2. The third kappa shape index (κ3) is 5.17. The Labute approximate surface area is 142 Å². The maximum atomic E-state index is 12.6. The van der Waals surface area contributed by atoms with Gasteiger partial charge in [0.1, 0.15) is 11.5 Å². The van der Waals surface area contributed by atoms with Crippen molar-refractivity contribution in [3.8, 4) is 11.8 Å². The number of hydrogen-bond donors (Lipinski definition) is 0. The zero-order valence-electron chi connectivity index (χ0n) is 13.9. The molecule has 0 atom stereocenters. The van der Waals surface area contributed by atoms with Crippen LogP contribution in [-0.2, 0) is 17.8 Å². The number of carbonyl (C=O) groups is 1. The van der Waals surface area contributed by atoms with E-state index in [0.29, 0.717) is 39.0 Å². The van der Waals surface area contributed by atoms with Gasteiger partial charge in [0, 0.05) is 13.0 Å². The summed E-state index contributed by atoms with van der Waals surface area (Å²) in [5.74, 6) is 1.55. The van der Waals surface area contributed by atoms with Crippen molar-refractivity contribution in [3.05, 3.63) is 54.0 Å². The van der Waals surface area contributed by atoms with E-state index in [1.807, 2.05) is 37.3 Å². The highest BCUT2D eigenvalue weighted by atomic mass is 16.5. The Hall–Kier alpha value is -2.74. The Morgan fingerprint density at radius 1 is 1.29 bits per heavy atom. The van der Waals surface area contributed by atoms with Gasteiger partial charge < -0.3 is 14.1 Å². The van der Waals surface area contributed by atoms with E-state index in [-0.39, 0.29) is 5.91 Å². The van der Waals surface area contributed by atoms with E-state index in [2.05, 4.69) is 6.07 Å². The van der Waals surface area contributed by atoms with E-state index in [4.69, 9.17) is 14.4 Å². The molecule has 2 rings (SSSR count). The molecule has 126 valence electrons. The first-order valence-corrected chi connectivity index (χ1v) is 8.12. The second-order valence-corrected chi connectivity index (χ2v) is 5.34. The average Bonchev–Trinajstić information content (AvgIpc) is 3.11. The molecule has 0 bridgehead atoms. The molecule has 0 saturated carbocycles. The quantitative estimate of drug-likeness (QED) is 0.707. The number of furan rings is 1. The van der Waals surface area contributed by atoms with E-state index < -0.39 is 0 Å². The number of aryl methyl sites for hydroxylation is 1. The molecule has 2 aromatic rings. The Bertz CT molecular complexity index is 674. The molecule has 0 aliphatic rings. The zero-order valence-corrected chi connectivity index (χ0v) is 13.9. The molecule has 24 heavy (non-hydrogen) atoms. The van der Waals surface area contributed by atoms with Gasteiger partial charge in [-0.1, -0.05) is 18.2 Å². The van der Waals surface area contributed by atoms with Crippen molar-refractivity contribution in [2.75, 3.05) is 13.2 Å². The smallest absolute Gasteiger partial charge is 0.223 e. The average molecular weight is 326 g/mol. The van der Waals surface area contributed by atoms with Crippen molar-refractivity contribution in [1.29, 1.82) is 5.26 Å². The summed E-state index contributed by atoms with van der Waals surface area (Å²) >= 11 is 0. The first-order chi connectivity index (χ1) is 11.7. The van der Waals surface area contributed by atoms with E-state index in [9.17, 15) is 4.79 Å². The summed E-state index contributed by atoms with van der Waals surface area (Å²) in [5, 5.41) is 8.80. The SMILES string of the molecule is CCOc1ccccc1CCC(=O)N(CCC#N)Cc1ccco1. The van der Waals surface area contributed by atoms with E-state index >= 15 is 0 Å². The van der Waals surface area contributed by atoms with Gasteiger partial charge in [0.2, 0.25) is 5.91 Å². The molecule has 0 spiro atoms. The lowest BCUT2D eigenvalue weighted by Crippen LogP contribution is -2.31. The van der Waals surface area contributed by atoms with Crippen LogP contribution >= 0.6 is 0 Å². The lowest BCUT2D eigenvalue weighted by molar-refractivity contribution is -0.132. The molecule has 0 N–H and O–H groups in total. The van der Waals surface area contributed by atoms with Gasteiger partial charge in [-0.2, -0.15) is 5.26 Å². The minimum absolute atomic E-state index is 0.00736. The third-order valence-corrected chi connectivity index (χ3v) is 3.65. The number of benzene rings is 1. The number of nitrogens with zero attached hydrogens (tertiary/aromatic N) is 2. The fourth-order valence-corrected chi connectivity index (χ4v) is 2.47. The molecule has 0 aliphatic heterocycles. The molecular formula is C19H22N2O3. The topological polar surface area (TPSA) is 66.5 Å². The number of ether oxygens (including phenoxy) is 1. The maximum absolute atomic E-state index is 12.6. The predicted octanol–water partition coefficient (Wildman–Crippen LogP) is 3.55. The molecule has 0 aliphatic carbocycles. The summed E-state index contributed by atoms with van der Waals surface area (Å²) < 4.78 is 10.9. The minimum Gasteiger partial charge on any atom is -0.494 e.